The first kappa shape index (κ1) is 13.4. The summed E-state index contributed by atoms with van der Waals surface area (Å²) in [6.07, 6.45) is 0.851. The molecule has 6 heteroatoms. The predicted molar refractivity (Wildman–Crippen MR) is 70.1 cm³/mol. The molecule has 1 aromatic carbocycles. The first-order chi connectivity index (χ1) is 9.00. The van der Waals surface area contributed by atoms with Gasteiger partial charge in [-0.15, -0.1) is 0 Å². The summed E-state index contributed by atoms with van der Waals surface area (Å²) in [7, 11) is 0. The third-order valence-electron chi connectivity index (χ3n) is 3.61. The van der Waals surface area contributed by atoms with Crippen molar-refractivity contribution in [1.29, 1.82) is 0 Å². The normalized spacial score (nSPS) is 30.3. The third-order valence-corrected chi connectivity index (χ3v) is 3.61. The van der Waals surface area contributed by atoms with Gasteiger partial charge >= 0.3 is 0 Å². The predicted octanol–water partition coefficient (Wildman–Crippen LogP) is 1.85. The van der Waals surface area contributed by atoms with Crippen LogP contribution in [0.3, 0.4) is 0 Å². The number of nitrogens with one attached hydrogen (secondary N) is 1. The van der Waals surface area contributed by atoms with E-state index < -0.39 is 17.0 Å². The summed E-state index contributed by atoms with van der Waals surface area (Å²) >= 11 is 0. The quantitative estimate of drug-likeness (QED) is 0.492. The molecular formula is C13H16N4O2. The molecule has 19 heavy (non-hydrogen) atoms. The van der Waals surface area contributed by atoms with E-state index in [9.17, 15) is 9.90 Å². The molecule has 1 aliphatic rings. The van der Waals surface area contributed by atoms with Gasteiger partial charge in [0.1, 0.15) is 5.60 Å². The maximum absolute atomic E-state index is 12.0. The van der Waals surface area contributed by atoms with Gasteiger partial charge in [0.25, 0.3) is 5.91 Å². The monoisotopic (exact) mass is 260 g/mol. The second kappa shape index (κ2) is 4.91. The molecule has 0 bridgehead atoms. The largest absolute Gasteiger partial charge is 0.380 e. The van der Waals surface area contributed by atoms with Gasteiger partial charge in [0.15, 0.2) is 0 Å². The summed E-state index contributed by atoms with van der Waals surface area (Å²) in [5, 5.41) is 16.4. The summed E-state index contributed by atoms with van der Waals surface area (Å²) in [6.45, 7) is 1.63. The van der Waals surface area contributed by atoms with E-state index in [4.69, 9.17) is 5.53 Å². The number of carbonyl (C=O) groups is 1. The fourth-order valence-corrected chi connectivity index (χ4v) is 2.32. The molecule has 0 radical (unpaired) electrons. The maximum Gasteiger partial charge on any atom is 0.252 e. The van der Waals surface area contributed by atoms with Crippen molar-refractivity contribution in [2.45, 2.75) is 30.9 Å². The highest BCUT2D eigenvalue weighted by atomic mass is 16.3. The fourth-order valence-electron chi connectivity index (χ4n) is 2.32. The van der Waals surface area contributed by atoms with E-state index >= 15 is 0 Å². The average Bonchev–Trinajstić information content (AvgIpc) is 2.42. The van der Waals surface area contributed by atoms with E-state index in [1.54, 1.807) is 0 Å². The van der Waals surface area contributed by atoms with Gasteiger partial charge in [-0.1, -0.05) is 35.4 Å². The third kappa shape index (κ3) is 2.54. The molecule has 2 rings (SSSR count). The Kier molecular flexibility index (Phi) is 3.46. The average molecular weight is 260 g/mol. The molecule has 2 atom stereocenters. The van der Waals surface area contributed by atoms with Crippen LogP contribution in [0.2, 0.25) is 0 Å². The summed E-state index contributed by atoms with van der Waals surface area (Å²) in [6, 6.07) is 9.38. The molecule has 0 spiro atoms. The van der Waals surface area contributed by atoms with Crippen LogP contribution in [0.5, 0.6) is 0 Å². The van der Waals surface area contributed by atoms with E-state index in [1.807, 2.05) is 30.3 Å². The molecule has 1 aliphatic heterocycles. The smallest absolute Gasteiger partial charge is 0.252 e. The Bertz CT molecular complexity index is 523. The lowest BCUT2D eigenvalue weighted by atomic mass is 9.77. The van der Waals surface area contributed by atoms with Crippen molar-refractivity contribution in [2.24, 2.45) is 5.11 Å². The zero-order valence-corrected chi connectivity index (χ0v) is 10.7. The molecule has 1 aromatic rings. The Balaban J connectivity index is 2.38. The molecule has 2 N–H and O–H groups in total. The van der Waals surface area contributed by atoms with Crippen LogP contribution in [-0.2, 0) is 10.3 Å². The highest BCUT2D eigenvalue weighted by Gasteiger charge is 2.45. The Morgan fingerprint density at radius 2 is 2.11 bits per heavy atom. The van der Waals surface area contributed by atoms with E-state index in [-0.39, 0.29) is 6.54 Å². The fraction of sp³-hybridized carbons (Fsp3) is 0.462. The lowest BCUT2D eigenvalue weighted by molar-refractivity contribution is -0.146. The van der Waals surface area contributed by atoms with Crippen molar-refractivity contribution in [3.63, 3.8) is 0 Å². The number of hydrogen-bond donors (Lipinski definition) is 2. The van der Waals surface area contributed by atoms with E-state index in [2.05, 4.69) is 15.3 Å². The van der Waals surface area contributed by atoms with Crippen molar-refractivity contribution in [3.05, 3.63) is 46.3 Å². The van der Waals surface area contributed by atoms with Crippen LogP contribution in [0.15, 0.2) is 35.4 Å². The molecule has 0 aromatic heterocycles. The van der Waals surface area contributed by atoms with Crippen LogP contribution in [0.1, 0.15) is 25.3 Å². The summed E-state index contributed by atoms with van der Waals surface area (Å²) in [5.74, 6) is -0.434. The van der Waals surface area contributed by atoms with Crippen molar-refractivity contribution in [1.82, 2.24) is 5.32 Å². The highest BCUT2D eigenvalue weighted by molar-refractivity contribution is 5.86. The standard InChI is InChI=1S/C13H16N4O2/c1-12(19)7-8-13(9-15-17-14,16-11(12)18)10-5-3-2-4-6-10/h2-6,19H,7-9H2,1H3,(H,16,18)/t12-,13-/m1/s1. The molecule has 6 nitrogen and oxygen atoms in total. The molecule has 0 saturated carbocycles. The summed E-state index contributed by atoms with van der Waals surface area (Å²) in [5.41, 5.74) is 7.31. The van der Waals surface area contributed by atoms with Crippen LogP contribution >= 0.6 is 0 Å². The summed E-state index contributed by atoms with van der Waals surface area (Å²) in [4.78, 5) is 14.7. The number of benzene rings is 1. The Labute approximate surface area is 111 Å². The van der Waals surface area contributed by atoms with Gasteiger partial charge < -0.3 is 10.4 Å². The van der Waals surface area contributed by atoms with E-state index in [0.29, 0.717) is 12.8 Å². The van der Waals surface area contributed by atoms with Gasteiger partial charge in [-0.3, -0.25) is 4.79 Å². The maximum atomic E-state index is 12.0. The second-order valence-corrected chi connectivity index (χ2v) is 5.07. The van der Waals surface area contributed by atoms with Crippen LogP contribution in [0.25, 0.3) is 10.4 Å². The number of piperidine rings is 1. The van der Waals surface area contributed by atoms with Crippen LogP contribution in [0, 0.1) is 0 Å². The van der Waals surface area contributed by atoms with Crippen molar-refractivity contribution in [3.8, 4) is 0 Å². The summed E-state index contributed by atoms with van der Waals surface area (Å²) < 4.78 is 0. The van der Waals surface area contributed by atoms with Crippen LogP contribution in [0.4, 0.5) is 0 Å². The van der Waals surface area contributed by atoms with Gasteiger partial charge in [-0.05, 0) is 30.9 Å². The van der Waals surface area contributed by atoms with Crippen LogP contribution < -0.4 is 5.32 Å². The number of amides is 1. The van der Waals surface area contributed by atoms with E-state index in [0.717, 1.165) is 5.56 Å². The minimum atomic E-state index is -1.37. The minimum Gasteiger partial charge on any atom is -0.380 e. The van der Waals surface area contributed by atoms with Gasteiger partial charge in [0.05, 0.1) is 12.1 Å². The zero-order valence-electron chi connectivity index (χ0n) is 10.7. The topological polar surface area (TPSA) is 98.1 Å². The Morgan fingerprint density at radius 3 is 2.68 bits per heavy atom. The van der Waals surface area contributed by atoms with Gasteiger partial charge in [0.2, 0.25) is 0 Å². The second-order valence-electron chi connectivity index (χ2n) is 5.07. The number of carbonyl (C=O) groups excluding carboxylic acids is 1. The van der Waals surface area contributed by atoms with Gasteiger partial charge in [-0.2, -0.15) is 0 Å². The van der Waals surface area contributed by atoms with Crippen molar-refractivity contribution < 1.29 is 9.90 Å². The van der Waals surface area contributed by atoms with Crippen molar-refractivity contribution in [2.75, 3.05) is 6.54 Å². The molecule has 1 amide bonds. The first-order valence-corrected chi connectivity index (χ1v) is 6.12. The van der Waals surface area contributed by atoms with Crippen molar-refractivity contribution >= 4 is 5.91 Å². The number of aliphatic hydroxyl groups is 1. The highest BCUT2D eigenvalue weighted by Crippen LogP contribution is 2.34. The number of rotatable bonds is 3. The molecule has 0 unspecified atom stereocenters. The molecule has 1 heterocycles. The molecular weight excluding hydrogens is 244 g/mol. The van der Waals surface area contributed by atoms with Gasteiger partial charge in [0, 0.05) is 4.91 Å². The molecule has 0 aliphatic carbocycles. The lowest BCUT2D eigenvalue weighted by Gasteiger charge is -2.42. The zero-order chi connectivity index (χ0) is 13.9. The Morgan fingerprint density at radius 1 is 1.42 bits per heavy atom. The lowest BCUT2D eigenvalue weighted by Crippen LogP contribution is -2.60. The Hall–Kier alpha value is -2.04. The first-order valence-electron chi connectivity index (χ1n) is 6.12. The SMILES string of the molecule is C[C@@]1(O)CC[C@@](CN=[N+]=[N-])(c2ccccc2)NC1=O. The number of nitrogens with zero attached hydrogens (tertiary/aromatic N) is 3. The molecule has 100 valence electrons. The number of hydrogen-bond acceptors (Lipinski definition) is 3. The van der Waals surface area contributed by atoms with Gasteiger partial charge in [-0.25, -0.2) is 0 Å². The molecule has 1 saturated heterocycles. The number of azide groups is 1. The molecule has 1 fully saturated rings. The van der Waals surface area contributed by atoms with Crippen LogP contribution in [-0.4, -0.2) is 23.2 Å². The van der Waals surface area contributed by atoms with E-state index in [1.165, 1.54) is 6.92 Å². The minimum absolute atomic E-state index is 0.134.